The monoisotopic (exact) mass is 458 g/mol. The van der Waals surface area contributed by atoms with Gasteiger partial charge >= 0.3 is 0 Å². The summed E-state index contributed by atoms with van der Waals surface area (Å²) >= 11 is 0. The molecule has 3 rings (SSSR count). The van der Waals surface area contributed by atoms with E-state index < -0.39 is 10.0 Å². The molecule has 0 bridgehead atoms. The lowest BCUT2D eigenvalue weighted by Gasteiger charge is -2.31. The maximum Gasteiger partial charge on any atom is 0.243 e. The van der Waals surface area contributed by atoms with E-state index in [1.54, 1.807) is 7.11 Å². The fraction of sp³-hybridized carbons (Fsp3) is 0.417. The zero-order valence-corrected chi connectivity index (χ0v) is 19.5. The Morgan fingerprint density at radius 2 is 1.66 bits per heavy atom. The first-order valence-corrected chi connectivity index (χ1v) is 12.3. The average molecular weight is 459 g/mol. The molecular weight excluding hydrogens is 428 g/mol. The van der Waals surface area contributed by atoms with Crippen LogP contribution in [0.25, 0.3) is 0 Å². The second-order valence-corrected chi connectivity index (χ2v) is 9.94. The first-order valence-electron chi connectivity index (χ1n) is 10.8. The molecule has 1 N–H and O–H groups in total. The average Bonchev–Trinajstić information content (AvgIpc) is 2.82. The van der Waals surface area contributed by atoms with Crippen LogP contribution in [0.2, 0.25) is 0 Å². The van der Waals surface area contributed by atoms with Gasteiger partial charge in [-0.1, -0.05) is 31.2 Å². The van der Waals surface area contributed by atoms with E-state index in [0.717, 1.165) is 17.7 Å². The van der Waals surface area contributed by atoms with Gasteiger partial charge in [0.15, 0.2) is 5.78 Å². The number of benzene rings is 2. The molecule has 8 heteroatoms. The maximum atomic E-state index is 12.9. The number of hydrogen-bond acceptors (Lipinski definition) is 5. The Labute approximate surface area is 189 Å². The smallest absolute Gasteiger partial charge is 0.243 e. The molecular formula is C24H30N2O5S. The molecule has 2 aromatic carbocycles. The van der Waals surface area contributed by atoms with Crippen molar-refractivity contribution in [2.45, 2.75) is 44.0 Å². The van der Waals surface area contributed by atoms with E-state index in [4.69, 9.17) is 4.74 Å². The largest absolute Gasteiger partial charge is 0.497 e. The van der Waals surface area contributed by atoms with Gasteiger partial charge in [-0.05, 0) is 56.0 Å². The summed E-state index contributed by atoms with van der Waals surface area (Å²) in [5.74, 6) is 0.379. The van der Waals surface area contributed by atoms with E-state index in [-0.39, 0.29) is 41.6 Å². The van der Waals surface area contributed by atoms with E-state index in [0.29, 0.717) is 18.4 Å². The highest BCUT2D eigenvalue weighted by Gasteiger charge is 2.32. The minimum atomic E-state index is -3.65. The van der Waals surface area contributed by atoms with Crippen LogP contribution >= 0.6 is 0 Å². The van der Waals surface area contributed by atoms with Crippen molar-refractivity contribution in [1.82, 2.24) is 9.62 Å². The van der Waals surface area contributed by atoms with Crippen LogP contribution in [0.3, 0.4) is 0 Å². The topological polar surface area (TPSA) is 92.8 Å². The number of piperidine rings is 1. The number of carbonyl (C=O) groups excluding carboxylic acids is 2. The second kappa shape index (κ2) is 10.3. The molecule has 1 heterocycles. The van der Waals surface area contributed by atoms with Crippen LogP contribution in [-0.2, 0) is 14.8 Å². The lowest BCUT2D eigenvalue weighted by molar-refractivity contribution is -0.126. The summed E-state index contributed by atoms with van der Waals surface area (Å²) in [6.07, 6.45) is 1.69. The third-order valence-electron chi connectivity index (χ3n) is 5.97. The van der Waals surface area contributed by atoms with Crippen molar-refractivity contribution in [3.8, 4) is 5.75 Å². The Morgan fingerprint density at radius 3 is 2.16 bits per heavy atom. The summed E-state index contributed by atoms with van der Waals surface area (Å²) in [6, 6.07) is 13.5. The van der Waals surface area contributed by atoms with Crippen molar-refractivity contribution in [3.63, 3.8) is 0 Å². The number of amides is 1. The molecule has 1 unspecified atom stereocenters. The Morgan fingerprint density at radius 1 is 1.06 bits per heavy atom. The van der Waals surface area contributed by atoms with Crippen molar-refractivity contribution >= 4 is 21.7 Å². The van der Waals surface area contributed by atoms with Gasteiger partial charge in [0.05, 0.1) is 18.0 Å². The highest BCUT2D eigenvalue weighted by atomic mass is 32.2. The molecule has 0 saturated carbocycles. The van der Waals surface area contributed by atoms with E-state index >= 15 is 0 Å². The fourth-order valence-corrected chi connectivity index (χ4v) is 5.39. The zero-order chi connectivity index (χ0) is 23.3. The number of hydrogen-bond donors (Lipinski definition) is 1. The van der Waals surface area contributed by atoms with Crippen molar-refractivity contribution in [2.75, 3.05) is 20.2 Å². The van der Waals surface area contributed by atoms with Gasteiger partial charge in [-0.3, -0.25) is 9.59 Å². The van der Waals surface area contributed by atoms with Gasteiger partial charge in [0.1, 0.15) is 5.75 Å². The summed E-state index contributed by atoms with van der Waals surface area (Å²) < 4.78 is 32.5. The number of nitrogens with one attached hydrogen (secondary N) is 1. The van der Waals surface area contributed by atoms with E-state index in [9.17, 15) is 18.0 Å². The van der Waals surface area contributed by atoms with Gasteiger partial charge in [-0.25, -0.2) is 8.42 Å². The minimum Gasteiger partial charge on any atom is -0.497 e. The third kappa shape index (κ3) is 5.37. The van der Waals surface area contributed by atoms with Gasteiger partial charge < -0.3 is 10.1 Å². The van der Waals surface area contributed by atoms with E-state index in [2.05, 4.69) is 5.32 Å². The highest BCUT2D eigenvalue weighted by Crippen LogP contribution is 2.26. The Balaban J connectivity index is 1.60. The summed E-state index contributed by atoms with van der Waals surface area (Å²) in [5, 5.41) is 3.11. The molecule has 1 atom stereocenters. The first kappa shape index (κ1) is 23.9. The molecule has 7 nitrogen and oxygen atoms in total. The van der Waals surface area contributed by atoms with Crippen LogP contribution < -0.4 is 10.1 Å². The molecule has 0 aliphatic carbocycles. The van der Waals surface area contributed by atoms with Crippen LogP contribution in [0, 0.1) is 5.92 Å². The molecule has 1 fully saturated rings. The number of sulfonamides is 1. The number of ketones is 1. The number of nitrogens with zero attached hydrogens (tertiary/aromatic N) is 1. The second-order valence-electron chi connectivity index (χ2n) is 8.00. The van der Waals surface area contributed by atoms with Crippen molar-refractivity contribution in [2.24, 2.45) is 5.92 Å². The van der Waals surface area contributed by atoms with Crippen LogP contribution in [0.5, 0.6) is 5.75 Å². The Hall–Kier alpha value is -2.71. The number of carbonyl (C=O) groups is 2. The van der Waals surface area contributed by atoms with E-state index in [1.165, 1.54) is 35.5 Å². The van der Waals surface area contributed by atoms with Crippen molar-refractivity contribution in [3.05, 3.63) is 59.7 Å². The van der Waals surface area contributed by atoms with Gasteiger partial charge in [0.2, 0.25) is 15.9 Å². The predicted octanol–water partition coefficient (Wildman–Crippen LogP) is 3.57. The molecule has 32 heavy (non-hydrogen) atoms. The van der Waals surface area contributed by atoms with Crippen LogP contribution in [0.1, 0.15) is 55.1 Å². The van der Waals surface area contributed by atoms with Crippen LogP contribution in [0.4, 0.5) is 0 Å². The first-order chi connectivity index (χ1) is 15.3. The van der Waals surface area contributed by atoms with Gasteiger partial charge in [-0.2, -0.15) is 4.31 Å². The molecule has 2 aromatic rings. The highest BCUT2D eigenvalue weighted by molar-refractivity contribution is 7.89. The molecule has 1 aliphatic heterocycles. The van der Waals surface area contributed by atoms with Gasteiger partial charge in [0.25, 0.3) is 0 Å². The number of Topliss-reactive ketones (excluding diaryl/α,β-unsaturated/α-hetero) is 1. The molecule has 0 radical (unpaired) electrons. The Kier molecular flexibility index (Phi) is 7.69. The quantitative estimate of drug-likeness (QED) is 0.611. The molecule has 1 amide bonds. The summed E-state index contributed by atoms with van der Waals surface area (Å²) in [5.41, 5.74) is 1.48. The SMILES string of the molecule is CCC(NC(=O)C1CCN(S(=O)(=O)c2ccc(C(C)=O)cc2)CC1)c1ccc(OC)cc1. The normalized spacial score (nSPS) is 16.3. The van der Waals surface area contributed by atoms with Gasteiger partial charge in [0, 0.05) is 24.6 Å². The summed E-state index contributed by atoms with van der Waals surface area (Å²) in [7, 11) is -2.04. The number of methoxy groups -OCH3 is 1. The Bertz CT molecular complexity index is 1040. The fourth-order valence-electron chi connectivity index (χ4n) is 3.92. The van der Waals surface area contributed by atoms with Gasteiger partial charge in [-0.15, -0.1) is 0 Å². The van der Waals surface area contributed by atoms with Crippen molar-refractivity contribution in [1.29, 1.82) is 0 Å². The predicted molar refractivity (Wildman–Crippen MR) is 122 cm³/mol. The van der Waals surface area contributed by atoms with Crippen LogP contribution in [0.15, 0.2) is 53.4 Å². The lowest BCUT2D eigenvalue weighted by Crippen LogP contribution is -2.43. The molecule has 0 spiro atoms. The third-order valence-corrected chi connectivity index (χ3v) is 7.88. The number of rotatable bonds is 8. The summed E-state index contributed by atoms with van der Waals surface area (Å²) in [6.45, 7) is 4.03. The summed E-state index contributed by atoms with van der Waals surface area (Å²) in [4.78, 5) is 24.4. The molecule has 1 aliphatic rings. The standard InChI is InChI=1S/C24H30N2O5S/c1-4-23(19-5-9-21(31-3)10-6-19)25-24(28)20-13-15-26(16-14-20)32(29,30)22-11-7-18(8-12-22)17(2)27/h5-12,20,23H,4,13-16H2,1-3H3,(H,25,28). The molecule has 1 saturated heterocycles. The lowest BCUT2D eigenvalue weighted by atomic mass is 9.95. The van der Waals surface area contributed by atoms with Crippen molar-refractivity contribution < 1.29 is 22.7 Å². The minimum absolute atomic E-state index is 0.0458. The van der Waals surface area contributed by atoms with E-state index in [1.807, 2.05) is 31.2 Å². The maximum absolute atomic E-state index is 12.9. The molecule has 0 aromatic heterocycles. The van der Waals surface area contributed by atoms with Crippen LogP contribution in [-0.4, -0.2) is 44.6 Å². The zero-order valence-electron chi connectivity index (χ0n) is 18.7. The molecule has 172 valence electrons. The number of ether oxygens (including phenoxy) is 1.